The van der Waals surface area contributed by atoms with Gasteiger partial charge in [-0.3, -0.25) is 4.31 Å². The van der Waals surface area contributed by atoms with Gasteiger partial charge in [-0.1, -0.05) is 36.3 Å². The number of benzene rings is 2. The fraction of sp³-hybridized carbons (Fsp3) is 0.250. The molecule has 0 bridgehead atoms. The SMILES string of the molecule is CCc1ccc(-c2cc(C)no2)cc1S(=O)(=O)N1CCOc2ccccc21. The van der Waals surface area contributed by atoms with Crippen molar-refractivity contribution < 1.29 is 17.7 Å². The first kappa shape index (κ1) is 17.6. The first-order chi connectivity index (χ1) is 13.0. The van der Waals surface area contributed by atoms with Gasteiger partial charge in [-0.15, -0.1) is 0 Å². The third-order valence-corrected chi connectivity index (χ3v) is 6.51. The van der Waals surface area contributed by atoms with Gasteiger partial charge in [-0.05, 0) is 37.1 Å². The molecule has 7 heteroatoms. The number of aryl methyl sites for hydroxylation is 2. The summed E-state index contributed by atoms with van der Waals surface area (Å²) in [6.45, 7) is 4.36. The molecule has 1 aliphatic heterocycles. The minimum Gasteiger partial charge on any atom is -0.489 e. The molecule has 0 radical (unpaired) electrons. The molecule has 140 valence electrons. The standard InChI is InChI=1S/C20H20N2O4S/c1-3-15-8-9-16(19-12-14(2)21-26-19)13-20(15)27(23,24)22-10-11-25-18-7-5-4-6-17(18)22/h4-9,12-13H,3,10-11H2,1-2H3. The van der Waals surface area contributed by atoms with E-state index in [1.807, 2.05) is 38.1 Å². The Kier molecular flexibility index (Phi) is 4.39. The van der Waals surface area contributed by atoms with Crippen molar-refractivity contribution in [3.8, 4) is 17.1 Å². The van der Waals surface area contributed by atoms with Crippen LogP contribution in [0.3, 0.4) is 0 Å². The number of rotatable bonds is 4. The zero-order valence-corrected chi connectivity index (χ0v) is 16.0. The second-order valence-corrected chi connectivity index (χ2v) is 8.23. The van der Waals surface area contributed by atoms with E-state index in [9.17, 15) is 8.42 Å². The molecule has 0 aliphatic carbocycles. The summed E-state index contributed by atoms with van der Waals surface area (Å²) in [5.41, 5.74) is 2.76. The third kappa shape index (κ3) is 3.08. The molecular formula is C20H20N2O4S. The molecule has 6 nitrogen and oxygen atoms in total. The van der Waals surface area contributed by atoms with Crippen LogP contribution >= 0.6 is 0 Å². The van der Waals surface area contributed by atoms with Crippen LogP contribution in [0.15, 0.2) is 57.9 Å². The fourth-order valence-corrected chi connectivity index (χ4v) is 5.03. The number of hydrogen-bond acceptors (Lipinski definition) is 5. The lowest BCUT2D eigenvalue weighted by atomic mass is 10.1. The van der Waals surface area contributed by atoms with E-state index in [0.29, 0.717) is 35.8 Å². The van der Waals surface area contributed by atoms with E-state index in [2.05, 4.69) is 5.16 Å². The first-order valence-corrected chi connectivity index (χ1v) is 10.3. The van der Waals surface area contributed by atoms with E-state index in [0.717, 1.165) is 11.3 Å². The van der Waals surface area contributed by atoms with Crippen molar-refractivity contribution >= 4 is 15.7 Å². The van der Waals surface area contributed by atoms with E-state index in [4.69, 9.17) is 9.26 Å². The number of hydrogen-bond donors (Lipinski definition) is 0. The van der Waals surface area contributed by atoms with E-state index in [1.165, 1.54) is 4.31 Å². The van der Waals surface area contributed by atoms with Gasteiger partial charge in [0.05, 0.1) is 22.8 Å². The Labute approximate surface area is 158 Å². The molecule has 0 spiro atoms. The molecule has 0 unspecified atom stereocenters. The maximum atomic E-state index is 13.5. The molecule has 1 aromatic heterocycles. The van der Waals surface area contributed by atoms with Gasteiger partial charge < -0.3 is 9.26 Å². The zero-order valence-electron chi connectivity index (χ0n) is 15.2. The summed E-state index contributed by atoms with van der Waals surface area (Å²) < 4.78 is 39.4. The van der Waals surface area contributed by atoms with Crippen LogP contribution < -0.4 is 9.04 Å². The third-order valence-electron chi connectivity index (χ3n) is 4.61. The minimum atomic E-state index is -3.75. The number of ether oxygens (including phenoxy) is 1. The lowest BCUT2D eigenvalue weighted by Gasteiger charge is -2.31. The number of fused-ring (bicyclic) bond motifs is 1. The second-order valence-electron chi connectivity index (χ2n) is 6.40. The van der Waals surface area contributed by atoms with E-state index in [-0.39, 0.29) is 11.4 Å². The van der Waals surface area contributed by atoms with Crippen molar-refractivity contribution in [2.45, 2.75) is 25.2 Å². The lowest BCUT2D eigenvalue weighted by molar-refractivity contribution is 0.316. The molecule has 4 rings (SSSR count). The molecule has 3 aromatic rings. The van der Waals surface area contributed by atoms with Gasteiger partial charge in [0.1, 0.15) is 12.4 Å². The van der Waals surface area contributed by atoms with Gasteiger partial charge in [0.15, 0.2) is 5.76 Å². The Morgan fingerprint density at radius 1 is 1.15 bits per heavy atom. The number of anilines is 1. The Bertz CT molecular complexity index is 1090. The van der Waals surface area contributed by atoms with Gasteiger partial charge in [0.25, 0.3) is 10.0 Å². The van der Waals surface area contributed by atoms with E-state index < -0.39 is 10.0 Å². The summed E-state index contributed by atoms with van der Waals surface area (Å²) in [6, 6.07) is 14.4. The van der Waals surface area contributed by atoms with Gasteiger partial charge in [0.2, 0.25) is 0 Å². The molecule has 27 heavy (non-hydrogen) atoms. The average Bonchev–Trinajstić information content (AvgIpc) is 3.13. The highest BCUT2D eigenvalue weighted by Gasteiger charge is 2.31. The number of para-hydroxylation sites is 2. The quantitative estimate of drug-likeness (QED) is 0.684. The topological polar surface area (TPSA) is 72.6 Å². The van der Waals surface area contributed by atoms with Crippen LogP contribution in [-0.2, 0) is 16.4 Å². The summed E-state index contributed by atoms with van der Waals surface area (Å²) in [4.78, 5) is 0.285. The summed E-state index contributed by atoms with van der Waals surface area (Å²) in [5.74, 6) is 1.13. The molecule has 0 saturated heterocycles. The summed E-state index contributed by atoms with van der Waals surface area (Å²) in [6.07, 6.45) is 0.607. The predicted molar refractivity (Wildman–Crippen MR) is 103 cm³/mol. The molecule has 1 aliphatic rings. The van der Waals surface area contributed by atoms with Crippen LogP contribution in [-0.4, -0.2) is 26.7 Å². The van der Waals surface area contributed by atoms with Crippen molar-refractivity contribution in [2.24, 2.45) is 0 Å². The van der Waals surface area contributed by atoms with Crippen molar-refractivity contribution in [3.63, 3.8) is 0 Å². The Balaban J connectivity index is 1.84. The molecule has 0 saturated carbocycles. The number of aromatic nitrogens is 1. The highest BCUT2D eigenvalue weighted by molar-refractivity contribution is 7.93. The molecule has 0 atom stereocenters. The Hall–Kier alpha value is -2.80. The van der Waals surface area contributed by atoms with Crippen LogP contribution in [0.1, 0.15) is 18.2 Å². The highest BCUT2D eigenvalue weighted by atomic mass is 32.2. The van der Waals surface area contributed by atoms with Crippen LogP contribution in [0.25, 0.3) is 11.3 Å². The maximum Gasteiger partial charge on any atom is 0.264 e. The van der Waals surface area contributed by atoms with Crippen molar-refractivity contribution in [3.05, 3.63) is 59.8 Å². The predicted octanol–water partition coefficient (Wildman–Crippen LogP) is 3.80. The maximum absolute atomic E-state index is 13.5. The monoisotopic (exact) mass is 384 g/mol. The van der Waals surface area contributed by atoms with E-state index >= 15 is 0 Å². The summed E-state index contributed by atoms with van der Waals surface area (Å²) in [5, 5.41) is 3.90. The van der Waals surface area contributed by atoms with Gasteiger partial charge in [0, 0.05) is 11.6 Å². The van der Waals surface area contributed by atoms with Crippen molar-refractivity contribution in [1.29, 1.82) is 0 Å². The van der Waals surface area contributed by atoms with Crippen LogP contribution in [0, 0.1) is 6.92 Å². The summed E-state index contributed by atoms with van der Waals surface area (Å²) >= 11 is 0. The van der Waals surface area contributed by atoms with E-state index in [1.54, 1.807) is 24.3 Å². The second kappa shape index (κ2) is 6.74. The molecule has 0 fully saturated rings. The highest BCUT2D eigenvalue weighted by Crippen LogP contribution is 2.36. The number of nitrogens with zero attached hydrogens (tertiary/aromatic N) is 2. The molecule has 2 aromatic carbocycles. The molecule has 0 N–H and O–H groups in total. The molecule has 2 heterocycles. The summed E-state index contributed by atoms with van der Waals surface area (Å²) in [7, 11) is -3.75. The lowest BCUT2D eigenvalue weighted by Crippen LogP contribution is -2.38. The van der Waals surface area contributed by atoms with Crippen LogP contribution in [0.4, 0.5) is 5.69 Å². The van der Waals surface area contributed by atoms with Crippen LogP contribution in [0.5, 0.6) is 5.75 Å². The van der Waals surface area contributed by atoms with Gasteiger partial charge in [-0.25, -0.2) is 8.42 Å². The largest absolute Gasteiger partial charge is 0.489 e. The smallest absolute Gasteiger partial charge is 0.264 e. The van der Waals surface area contributed by atoms with Gasteiger partial charge in [-0.2, -0.15) is 0 Å². The number of sulfonamides is 1. The fourth-order valence-electron chi connectivity index (χ4n) is 3.25. The van der Waals surface area contributed by atoms with Crippen LogP contribution in [0.2, 0.25) is 0 Å². The molecular weight excluding hydrogens is 364 g/mol. The molecule has 0 amide bonds. The van der Waals surface area contributed by atoms with Crippen molar-refractivity contribution in [2.75, 3.05) is 17.5 Å². The Morgan fingerprint density at radius 3 is 2.70 bits per heavy atom. The average molecular weight is 384 g/mol. The normalized spacial score (nSPS) is 13.9. The van der Waals surface area contributed by atoms with Crippen molar-refractivity contribution in [1.82, 2.24) is 5.16 Å². The van der Waals surface area contributed by atoms with Gasteiger partial charge >= 0.3 is 0 Å². The first-order valence-electron chi connectivity index (χ1n) is 8.82. The zero-order chi connectivity index (χ0) is 19.0. The minimum absolute atomic E-state index is 0.272. The Morgan fingerprint density at radius 2 is 1.96 bits per heavy atom.